The third kappa shape index (κ3) is 3.26. The first-order valence-corrected chi connectivity index (χ1v) is 4.96. The Balaban J connectivity index is 2.52. The molecule has 0 aliphatic rings. The lowest BCUT2D eigenvalue weighted by Gasteiger charge is -1.97. The molecule has 1 aromatic rings. The van der Waals surface area contributed by atoms with E-state index in [4.69, 9.17) is 11.6 Å². The first-order chi connectivity index (χ1) is 5.33. The highest BCUT2D eigenvalue weighted by atomic mass is 79.9. The van der Waals surface area contributed by atoms with Crippen LogP contribution in [0.1, 0.15) is 12.0 Å². The van der Waals surface area contributed by atoms with Crippen molar-refractivity contribution in [2.24, 2.45) is 0 Å². The van der Waals surface area contributed by atoms with E-state index >= 15 is 0 Å². The number of hydrogen-bond acceptors (Lipinski definition) is 0. The summed E-state index contributed by atoms with van der Waals surface area (Å²) in [6.45, 7) is 0. The molecule has 60 valence electrons. The second-order valence-corrected chi connectivity index (χ2v) is 3.71. The summed E-state index contributed by atoms with van der Waals surface area (Å²) in [5.74, 6) is 0.746. The molecule has 1 rings (SSSR count). The summed E-state index contributed by atoms with van der Waals surface area (Å²) >= 11 is 8.96. The van der Waals surface area contributed by atoms with Gasteiger partial charge in [-0.3, -0.25) is 0 Å². The van der Waals surface area contributed by atoms with Gasteiger partial charge in [-0.1, -0.05) is 28.1 Å². The van der Waals surface area contributed by atoms with Crippen molar-refractivity contribution in [2.45, 2.75) is 12.8 Å². The molecule has 0 saturated heterocycles. The van der Waals surface area contributed by atoms with E-state index in [0.717, 1.165) is 23.2 Å². The Kier molecular flexibility index (Phi) is 3.95. The standard InChI is InChI=1S/C9H10BrCl/c10-9-5-3-8(4-6-9)2-1-7-11/h3-6H,1-2,7H2. The lowest BCUT2D eigenvalue weighted by atomic mass is 10.1. The quantitative estimate of drug-likeness (QED) is 0.700. The number of aryl methyl sites for hydroxylation is 1. The Hall–Kier alpha value is -0.0100. The van der Waals surface area contributed by atoms with Crippen LogP contribution >= 0.6 is 27.5 Å². The summed E-state index contributed by atoms with van der Waals surface area (Å²) < 4.78 is 1.13. The fourth-order valence-corrected chi connectivity index (χ4v) is 1.32. The molecule has 0 amide bonds. The minimum Gasteiger partial charge on any atom is -0.127 e. The Morgan fingerprint density at radius 2 is 1.82 bits per heavy atom. The van der Waals surface area contributed by atoms with E-state index in [2.05, 4.69) is 40.2 Å². The lowest BCUT2D eigenvalue weighted by molar-refractivity contribution is 0.928. The van der Waals surface area contributed by atoms with E-state index in [1.54, 1.807) is 0 Å². The maximum absolute atomic E-state index is 5.57. The third-order valence-corrected chi connectivity index (χ3v) is 2.31. The summed E-state index contributed by atoms with van der Waals surface area (Å²) in [5.41, 5.74) is 1.36. The van der Waals surface area contributed by atoms with E-state index in [0.29, 0.717) is 0 Å². The Bertz CT molecular complexity index is 205. The van der Waals surface area contributed by atoms with Gasteiger partial charge in [0.15, 0.2) is 0 Å². The smallest absolute Gasteiger partial charge is 0.0226 e. The summed E-state index contributed by atoms with van der Waals surface area (Å²) in [4.78, 5) is 0. The van der Waals surface area contributed by atoms with Crippen LogP contribution < -0.4 is 0 Å². The van der Waals surface area contributed by atoms with Crippen LogP contribution in [0, 0.1) is 0 Å². The van der Waals surface area contributed by atoms with Crippen LogP contribution in [0.5, 0.6) is 0 Å². The van der Waals surface area contributed by atoms with Crippen LogP contribution in [-0.2, 0) is 6.42 Å². The van der Waals surface area contributed by atoms with Gasteiger partial charge in [-0.2, -0.15) is 0 Å². The molecule has 11 heavy (non-hydrogen) atoms. The normalized spacial score (nSPS) is 10.0. The Labute approximate surface area is 80.7 Å². The molecule has 2 heteroatoms. The molecule has 0 N–H and O–H groups in total. The summed E-state index contributed by atoms with van der Waals surface area (Å²) in [5, 5.41) is 0. The molecule has 0 aliphatic carbocycles. The second kappa shape index (κ2) is 4.78. The highest BCUT2D eigenvalue weighted by Gasteiger charge is 1.91. The molecule has 0 aliphatic heterocycles. The van der Waals surface area contributed by atoms with Gasteiger partial charge >= 0.3 is 0 Å². The predicted octanol–water partition coefficient (Wildman–Crippen LogP) is 3.62. The van der Waals surface area contributed by atoms with E-state index in [1.807, 2.05) is 0 Å². The largest absolute Gasteiger partial charge is 0.127 e. The Morgan fingerprint density at radius 3 is 2.36 bits per heavy atom. The van der Waals surface area contributed by atoms with Gasteiger partial charge in [-0.05, 0) is 30.5 Å². The molecule has 0 atom stereocenters. The van der Waals surface area contributed by atoms with Gasteiger partial charge in [0.05, 0.1) is 0 Å². The molecule has 0 spiro atoms. The van der Waals surface area contributed by atoms with Gasteiger partial charge in [-0.15, -0.1) is 11.6 Å². The molecule has 0 saturated carbocycles. The first-order valence-electron chi connectivity index (χ1n) is 3.63. The maximum atomic E-state index is 5.57. The second-order valence-electron chi connectivity index (χ2n) is 2.42. The molecule has 0 nitrogen and oxygen atoms in total. The number of benzene rings is 1. The van der Waals surface area contributed by atoms with Gasteiger partial charge in [0.2, 0.25) is 0 Å². The van der Waals surface area contributed by atoms with Crippen LogP contribution in [0.25, 0.3) is 0 Å². The topological polar surface area (TPSA) is 0 Å². The fraction of sp³-hybridized carbons (Fsp3) is 0.333. The average molecular weight is 234 g/mol. The zero-order valence-electron chi connectivity index (χ0n) is 6.19. The highest BCUT2D eigenvalue weighted by Crippen LogP contribution is 2.11. The zero-order valence-corrected chi connectivity index (χ0v) is 8.53. The van der Waals surface area contributed by atoms with E-state index in [-0.39, 0.29) is 0 Å². The number of hydrogen-bond donors (Lipinski definition) is 0. The lowest BCUT2D eigenvalue weighted by Crippen LogP contribution is -1.84. The van der Waals surface area contributed by atoms with Crippen molar-refractivity contribution in [1.82, 2.24) is 0 Å². The van der Waals surface area contributed by atoms with E-state index in [1.165, 1.54) is 5.56 Å². The monoisotopic (exact) mass is 232 g/mol. The van der Waals surface area contributed by atoms with Gasteiger partial charge in [0, 0.05) is 10.4 Å². The fourth-order valence-electron chi connectivity index (χ4n) is 0.922. The van der Waals surface area contributed by atoms with Crippen molar-refractivity contribution in [3.63, 3.8) is 0 Å². The molecule has 0 heterocycles. The van der Waals surface area contributed by atoms with Crippen LogP contribution in [0.4, 0.5) is 0 Å². The van der Waals surface area contributed by atoms with Crippen molar-refractivity contribution in [2.75, 3.05) is 5.88 Å². The molecular weight excluding hydrogens is 223 g/mol. The summed E-state index contributed by atoms with van der Waals surface area (Å²) in [6, 6.07) is 8.36. The Morgan fingerprint density at radius 1 is 1.18 bits per heavy atom. The minimum atomic E-state index is 0.746. The molecule has 0 radical (unpaired) electrons. The van der Waals surface area contributed by atoms with E-state index in [9.17, 15) is 0 Å². The molecule has 0 fully saturated rings. The van der Waals surface area contributed by atoms with Crippen LogP contribution in [-0.4, -0.2) is 5.88 Å². The average Bonchev–Trinajstić information content (AvgIpc) is 2.04. The molecule has 1 aromatic carbocycles. The zero-order chi connectivity index (χ0) is 8.10. The summed E-state index contributed by atoms with van der Waals surface area (Å²) in [7, 11) is 0. The first kappa shape index (κ1) is 9.08. The third-order valence-electron chi connectivity index (χ3n) is 1.51. The minimum absolute atomic E-state index is 0.746. The summed E-state index contributed by atoms with van der Waals surface area (Å²) in [6.07, 6.45) is 2.14. The molecule has 0 unspecified atom stereocenters. The predicted molar refractivity (Wildman–Crippen MR) is 53.2 cm³/mol. The van der Waals surface area contributed by atoms with Gasteiger partial charge < -0.3 is 0 Å². The molecule has 0 aromatic heterocycles. The molecular formula is C9H10BrCl. The van der Waals surface area contributed by atoms with E-state index < -0.39 is 0 Å². The molecule has 0 bridgehead atoms. The maximum Gasteiger partial charge on any atom is 0.0226 e. The van der Waals surface area contributed by atoms with Crippen molar-refractivity contribution >= 4 is 27.5 Å². The van der Waals surface area contributed by atoms with Crippen LogP contribution in [0.2, 0.25) is 0 Å². The number of halogens is 2. The number of rotatable bonds is 3. The van der Waals surface area contributed by atoms with Crippen molar-refractivity contribution in [1.29, 1.82) is 0 Å². The van der Waals surface area contributed by atoms with Crippen molar-refractivity contribution < 1.29 is 0 Å². The highest BCUT2D eigenvalue weighted by molar-refractivity contribution is 9.10. The van der Waals surface area contributed by atoms with Crippen molar-refractivity contribution in [3.8, 4) is 0 Å². The van der Waals surface area contributed by atoms with Gasteiger partial charge in [-0.25, -0.2) is 0 Å². The van der Waals surface area contributed by atoms with Gasteiger partial charge in [0.25, 0.3) is 0 Å². The number of alkyl halides is 1. The SMILES string of the molecule is ClCCCc1ccc(Br)cc1. The van der Waals surface area contributed by atoms with Gasteiger partial charge in [0.1, 0.15) is 0 Å². The van der Waals surface area contributed by atoms with Crippen LogP contribution in [0.15, 0.2) is 28.7 Å². The van der Waals surface area contributed by atoms with Crippen LogP contribution in [0.3, 0.4) is 0 Å². The van der Waals surface area contributed by atoms with Crippen molar-refractivity contribution in [3.05, 3.63) is 34.3 Å².